The Bertz CT molecular complexity index is 738. The Balaban J connectivity index is 1.47. The Morgan fingerprint density at radius 2 is 1.96 bits per heavy atom. The highest BCUT2D eigenvalue weighted by Gasteiger charge is 2.27. The first-order chi connectivity index (χ1) is 12.2. The van der Waals surface area contributed by atoms with Crippen molar-refractivity contribution < 1.29 is 9.90 Å². The summed E-state index contributed by atoms with van der Waals surface area (Å²) in [6.07, 6.45) is 9.08. The molecule has 134 valence electrons. The van der Waals surface area contributed by atoms with Crippen LogP contribution in [-0.2, 0) is 0 Å². The van der Waals surface area contributed by atoms with E-state index in [0.29, 0.717) is 11.6 Å². The maximum absolute atomic E-state index is 11.2. The number of nitrogens with zero attached hydrogens (tertiary/aromatic N) is 5. The van der Waals surface area contributed by atoms with Crippen molar-refractivity contribution in [2.75, 3.05) is 31.1 Å². The van der Waals surface area contributed by atoms with Crippen LogP contribution in [0, 0.1) is 0 Å². The van der Waals surface area contributed by atoms with Crippen molar-refractivity contribution in [3.63, 3.8) is 0 Å². The van der Waals surface area contributed by atoms with Gasteiger partial charge in [0.25, 0.3) is 0 Å². The largest absolute Gasteiger partial charge is 0.393 e. The molecule has 2 aromatic rings. The molecule has 0 saturated carbocycles. The molecule has 2 fully saturated rings. The van der Waals surface area contributed by atoms with Gasteiger partial charge >= 0.3 is 0 Å². The Labute approximate surface area is 147 Å². The van der Waals surface area contributed by atoms with E-state index in [-0.39, 0.29) is 6.10 Å². The molecule has 0 aliphatic carbocycles. The van der Waals surface area contributed by atoms with Crippen LogP contribution < -0.4 is 4.90 Å². The highest BCUT2D eigenvalue weighted by molar-refractivity contribution is 5.81. The third-order valence-corrected chi connectivity index (χ3v) is 5.57. The van der Waals surface area contributed by atoms with Gasteiger partial charge in [-0.2, -0.15) is 5.10 Å². The average molecular weight is 343 g/mol. The Hall–Kier alpha value is -1.99. The number of anilines is 1. The molecule has 2 saturated heterocycles. The zero-order valence-corrected chi connectivity index (χ0v) is 14.4. The van der Waals surface area contributed by atoms with E-state index < -0.39 is 0 Å². The molecule has 4 rings (SSSR count). The van der Waals surface area contributed by atoms with E-state index in [1.165, 1.54) is 6.33 Å². The van der Waals surface area contributed by atoms with Crippen molar-refractivity contribution in [3.8, 4) is 0 Å². The summed E-state index contributed by atoms with van der Waals surface area (Å²) in [5.74, 6) is 0. The smallest absolute Gasteiger partial charge is 0.178 e. The van der Waals surface area contributed by atoms with E-state index in [2.05, 4.69) is 19.9 Å². The SMILES string of the molecule is O=Cc1cc(N2CCC(N3CCCC(O)CC3)CC2)c2ncnn2c1. The van der Waals surface area contributed by atoms with E-state index >= 15 is 0 Å². The van der Waals surface area contributed by atoms with Crippen LogP contribution in [0.2, 0.25) is 0 Å². The Morgan fingerprint density at radius 3 is 2.76 bits per heavy atom. The van der Waals surface area contributed by atoms with Crippen molar-refractivity contribution in [2.45, 2.75) is 44.2 Å². The molecule has 2 aliphatic rings. The number of pyridine rings is 1. The lowest BCUT2D eigenvalue weighted by molar-refractivity contribution is 0.112. The van der Waals surface area contributed by atoms with Gasteiger partial charge in [-0.25, -0.2) is 9.50 Å². The first-order valence-corrected chi connectivity index (χ1v) is 9.20. The molecular weight excluding hydrogens is 318 g/mol. The highest BCUT2D eigenvalue weighted by Crippen LogP contribution is 2.27. The summed E-state index contributed by atoms with van der Waals surface area (Å²) >= 11 is 0. The molecule has 2 aromatic heterocycles. The summed E-state index contributed by atoms with van der Waals surface area (Å²) in [4.78, 5) is 20.4. The molecule has 1 N–H and O–H groups in total. The highest BCUT2D eigenvalue weighted by atomic mass is 16.3. The molecule has 7 heteroatoms. The molecule has 0 spiro atoms. The van der Waals surface area contributed by atoms with E-state index in [1.54, 1.807) is 10.7 Å². The number of rotatable bonds is 3. The van der Waals surface area contributed by atoms with Crippen LogP contribution in [0.5, 0.6) is 0 Å². The minimum absolute atomic E-state index is 0.127. The van der Waals surface area contributed by atoms with Gasteiger partial charge in [0.1, 0.15) is 6.33 Å². The number of hydrogen-bond donors (Lipinski definition) is 1. The first-order valence-electron chi connectivity index (χ1n) is 9.20. The number of aliphatic hydroxyl groups excluding tert-OH is 1. The van der Waals surface area contributed by atoms with Crippen molar-refractivity contribution in [1.29, 1.82) is 0 Å². The van der Waals surface area contributed by atoms with Gasteiger partial charge in [-0.15, -0.1) is 0 Å². The van der Waals surface area contributed by atoms with Crippen molar-refractivity contribution >= 4 is 17.6 Å². The average Bonchev–Trinajstić information content (AvgIpc) is 3.02. The van der Waals surface area contributed by atoms with Gasteiger partial charge in [-0.05, 0) is 44.7 Å². The summed E-state index contributed by atoms with van der Waals surface area (Å²) in [6.45, 7) is 4.00. The Kier molecular flexibility index (Phi) is 4.67. The van der Waals surface area contributed by atoms with E-state index in [1.807, 2.05) is 6.07 Å². The van der Waals surface area contributed by atoms with Gasteiger partial charge in [0.15, 0.2) is 11.9 Å². The number of piperidine rings is 1. The second kappa shape index (κ2) is 7.09. The molecular formula is C18H25N5O2. The van der Waals surface area contributed by atoms with Gasteiger partial charge in [0.2, 0.25) is 0 Å². The topological polar surface area (TPSA) is 74.0 Å². The molecule has 7 nitrogen and oxygen atoms in total. The lowest BCUT2D eigenvalue weighted by Gasteiger charge is -2.39. The number of likely N-dealkylation sites (tertiary alicyclic amines) is 1. The molecule has 0 amide bonds. The van der Waals surface area contributed by atoms with Crippen LogP contribution in [0.1, 0.15) is 42.5 Å². The lowest BCUT2D eigenvalue weighted by atomic mass is 10.0. The van der Waals surface area contributed by atoms with Crippen molar-refractivity contribution in [2.24, 2.45) is 0 Å². The fourth-order valence-corrected chi connectivity index (χ4v) is 4.16. The zero-order valence-electron chi connectivity index (χ0n) is 14.4. The fraction of sp³-hybridized carbons (Fsp3) is 0.611. The number of aromatic nitrogens is 3. The summed E-state index contributed by atoms with van der Waals surface area (Å²) < 4.78 is 1.68. The van der Waals surface area contributed by atoms with Crippen molar-refractivity contribution in [3.05, 3.63) is 24.2 Å². The number of carbonyl (C=O) groups excluding carboxylic acids is 1. The van der Waals surface area contributed by atoms with Crippen LogP contribution in [-0.4, -0.2) is 69.2 Å². The second-order valence-electron chi connectivity index (χ2n) is 7.14. The minimum atomic E-state index is -0.127. The fourth-order valence-electron chi connectivity index (χ4n) is 4.16. The van der Waals surface area contributed by atoms with Gasteiger partial charge < -0.3 is 14.9 Å². The maximum atomic E-state index is 11.2. The Morgan fingerprint density at radius 1 is 1.12 bits per heavy atom. The summed E-state index contributed by atoms with van der Waals surface area (Å²) in [5.41, 5.74) is 2.42. The summed E-state index contributed by atoms with van der Waals surface area (Å²) in [7, 11) is 0. The third-order valence-electron chi connectivity index (χ3n) is 5.57. The van der Waals surface area contributed by atoms with E-state index in [0.717, 1.165) is 75.9 Å². The molecule has 1 unspecified atom stereocenters. The standard InChI is InChI=1S/C18H25N5O2/c24-12-14-10-17(18-19-13-20-23(18)11-14)22-7-3-15(4-8-22)21-6-1-2-16(25)5-9-21/h10-13,15-16,25H,1-9H2. The van der Waals surface area contributed by atoms with Crippen molar-refractivity contribution in [1.82, 2.24) is 19.5 Å². The van der Waals surface area contributed by atoms with Crippen LogP contribution in [0.4, 0.5) is 5.69 Å². The maximum Gasteiger partial charge on any atom is 0.178 e. The third kappa shape index (κ3) is 3.39. The molecule has 4 heterocycles. The summed E-state index contributed by atoms with van der Waals surface area (Å²) in [5, 5.41) is 14.0. The molecule has 1 atom stereocenters. The predicted octanol–water partition coefficient (Wildman–Crippen LogP) is 1.36. The second-order valence-corrected chi connectivity index (χ2v) is 7.14. The van der Waals surface area contributed by atoms with E-state index in [9.17, 15) is 9.90 Å². The number of fused-ring (bicyclic) bond motifs is 1. The molecule has 0 aromatic carbocycles. The van der Waals surface area contributed by atoms with Crippen LogP contribution in [0.3, 0.4) is 0 Å². The van der Waals surface area contributed by atoms with Gasteiger partial charge in [0.05, 0.1) is 11.8 Å². The molecule has 2 aliphatic heterocycles. The van der Waals surface area contributed by atoms with Gasteiger partial charge in [-0.3, -0.25) is 4.79 Å². The quantitative estimate of drug-likeness (QED) is 0.848. The van der Waals surface area contributed by atoms with Crippen LogP contribution >= 0.6 is 0 Å². The normalized spacial score (nSPS) is 23.7. The monoisotopic (exact) mass is 343 g/mol. The molecule has 0 bridgehead atoms. The number of aldehydes is 1. The van der Waals surface area contributed by atoms with Gasteiger partial charge in [-0.1, -0.05) is 0 Å². The molecule has 0 radical (unpaired) electrons. The number of carbonyl (C=O) groups is 1. The summed E-state index contributed by atoms with van der Waals surface area (Å²) in [6, 6.07) is 2.50. The number of aliphatic hydroxyl groups is 1. The molecule has 25 heavy (non-hydrogen) atoms. The first kappa shape index (κ1) is 16.5. The van der Waals surface area contributed by atoms with Crippen LogP contribution in [0.15, 0.2) is 18.6 Å². The van der Waals surface area contributed by atoms with Gasteiger partial charge in [0, 0.05) is 37.4 Å². The number of hydrogen-bond acceptors (Lipinski definition) is 6. The van der Waals surface area contributed by atoms with E-state index in [4.69, 9.17) is 0 Å². The predicted molar refractivity (Wildman–Crippen MR) is 95.0 cm³/mol. The lowest BCUT2D eigenvalue weighted by Crippen LogP contribution is -2.45. The minimum Gasteiger partial charge on any atom is -0.393 e. The van der Waals surface area contributed by atoms with Crippen LogP contribution in [0.25, 0.3) is 5.65 Å². The zero-order chi connectivity index (χ0) is 17.2.